The van der Waals surface area contributed by atoms with E-state index in [1.165, 1.54) is 12.1 Å². The molecule has 2 heterocycles. The van der Waals surface area contributed by atoms with Crippen molar-refractivity contribution in [1.82, 2.24) is 20.3 Å². The average molecular weight is 399 g/mol. The lowest BCUT2D eigenvalue weighted by Crippen LogP contribution is -2.37. The number of H-pyrrole nitrogens is 2. The SMILES string of the molecule is CCC(C)[C@@H](C)NC(=O)c1ccc(CCc2c[nH]c3nc(N)[nH]c(=O)c23)cc1F. The molecule has 7 nitrogen and oxygen atoms in total. The number of nitrogens with zero attached hydrogens (tertiary/aromatic N) is 1. The van der Waals surface area contributed by atoms with Crippen molar-refractivity contribution in [2.24, 2.45) is 5.92 Å². The number of amides is 1. The summed E-state index contributed by atoms with van der Waals surface area (Å²) in [6.45, 7) is 6.02. The molecule has 0 aliphatic carbocycles. The molecule has 3 rings (SSSR count). The summed E-state index contributed by atoms with van der Waals surface area (Å²) in [5.74, 6) is -0.601. The summed E-state index contributed by atoms with van der Waals surface area (Å²) >= 11 is 0. The number of carbonyl (C=O) groups excluding carboxylic acids is 1. The average Bonchev–Trinajstić information content (AvgIpc) is 3.08. The maximum Gasteiger partial charge on any atom is 0.262 e. The van der Waals surface area contributed by atoms with E-state index in [4.69, 9.17) is 5.73 Å². The molecule has 0 saturated carbocycles. The highest BCUT2D eigenvalue weighted by atomic mass is 19.1. The predicted molar refractivity (Wildman–Crippen MR) is 111 cm³/mol. The van der Waals surface area contributed by atoms with Crippen molar-refractivity contribution >= 4 is 22.9 Å². The fourth-order valence-corrected chi connectivity index (χ4v) is 3.28. The fourth-order valence-electron chi connectivity index (χ4n) is 3.28. The summed E-state index contributed by atoms with van der Waals surface area (Å²) in [7, 11) is 0. The molecule has 154 valence electrons. The minimum Gasteiger partial charge on any atom is -0.369 e. The Labute approximate surface area is 167 Å². The van der Waals surface area contributed by atoms with Crippen molar-refractivity contribution in [3.8, 4) is 0 Å². The number of halogens is 1. The van der Waals surface area contributed by atoms with Crippen LogP contribution in [0.5, 0.6) is 0 Å². The van der Waals surface area contributed by atoms with Crippen molar-refractivity contribution in [2.75, 3.05) is 5.73 Å². The van der Waals surface area contributed by atoms with Gasteiger partial charge < -0.3 is 16.0 Å². The molecule has 0 saturated heterocycles. The molecule has 1 unspecified atom stereocenters. The number of anilines is 1. The molecular weight excluding hydrogens is 373 g/mol. The second-order valence-electron chi connectivity index (χ2n) is 7.45. The van der Waals surface area contributed by atoms with Crippen LogP contribution in [0.1, 0.15) is 48.7 Å². The summed E-state index contributed by atoms with van der Waals surface area (Å²) in [4.78, 5) is 34.0. The fraction of sp³-hybridized carbons (Fsp3) is 0.381. The number of aromatic amines is 2. The van der Waals surface area contributed by atoms with E-state index in [0.717, 1.165) is 17.5 Å². The van der Waals surface area contributed by atoms with Crippen molar-refractivity contribution < 1.29 is 9.18 Å². The second kappa shape index (κ2) is 8.46. The summed E-state index contributed by atoms with van der Waals surface area (Å²) in [5, 5.41) is 3.31. The standard InChI is InChI=1S/C21H26FN5O2/c1-4-11(2)12(3)25-19(28)15-8-6-13(9-16(15)22)5-7-14-10-24-18-17(14)20(29)27-21(23)26-18/h6,8-12H,4-5,7H2,1-3H3,(H,25,28)(H4,23,24,26,27,29)/t11?,12-/m1/s1. The Hall–Kier alpha value is -3.16. The van der Waals surface area contributed by atoms with E-state index in [1.54, 1.807) is 12.3 Å². The minimum atomic E-state index is -0.553. The van der Waals surface area contributed by atoms with Crippen LogP contribution in [0.2, 0.25) is 0 Å². The van der Waals surface area contributed by atoms with Gasteiger partial charge in [0, 0.05) is 12.2 Å². The predicted octanol–water partition coefficient (Wildman–Crippen LogP) is 2.92. The molecule has 29 heavy (non-hydrogen) atoms. The highest BCUT2D eigenvalue weighted by Gasteiger charge is 2.18. The van der Waals surface area contributed by atoms with Crippen molar-refractivity contribution in [3.63, 3.8) is 0 Å². The number of hydrogen-bond acceptors (Lipinski definition) is 4. The van der Waals surface area contributed by atoms with E-state index >= 15 is 0 Å². The van der Waals surface area contributed by atoms with Crippen LogP contribution in [0.3, 0.4) is 0 Å². The summed E-state index contributed by atoms with van der Waals surface area (Å²) in [5.41, 5.74) is 7.22. The first-order valence-electron chi connectivity index (χ1n) is 9.75. The third-order valence-electron chi connectivity index (χ3n) is 5.46. The van der Waals surface area contributed by atoms with Gasteiger partial charge >= 0.3 is 0 Å². The molecule has 0 aliphatic rings. The molecule has 2 aromatic heterocycles. The number of aromatic nitrogens is 3. The van der Waals surface area contributed by atoms with Crippen molar-refractivity contribution in [2.45, 2.75) is 46.1 Å². The van der Waals surface area contributed by atoms with Gasteiger partial charge in [0.1, 0.15) is 11.5 Å². The molecule has 8 heteroatoms. The Morgan fingerprint density at radius 2 is 2.07 bits per heavy atom. The normalized spacial score (nSPS) is 13.4. The molecular formula is C21H26FN5O2. The van der Waals surface area contributed by atoms with Gasteiger partial charge in [0.25, 0.3) is 11.5 Å². The van der Waals surface area contributed by atoms with Gasteiger partial charge in [-0.25, -0.2) is 4.39 Å². The third-order valence-corrected chi connectivity index (χ3v) is 5.46. The van der Waals surface area contributed by atoms with E-state index < -0.39 is 11.7 Å². The maximum absolute atomic E-state index is 14.5. The molecule has 0 aliphatic heterocycles. The van der Waals surface area contributed by atoms with Gasteiger partial charge in [0.05, 0.1) is 10.9 Å². The quantitative estimate of drug-likeness (QED) is 0.489. The molecule has 2 atom stereocenters. The van der Waals surface area contributed by atoms with Crippen LogP contribution < -0.4 is 16.6 Å². The van der Waals surface area contributed by atoms with Gasteiger partial charge in [-0.1, -0.05) is 26.3 Å². The van der Waals surface area contributed by atoms with Gasteiger partial charge in [-0.15, -0.1) is 0 Å². The number of fused-ring (bicyclic) bond motifs is 1. The monoisotopic (exact) mass is 399 g/mol. The molecule has 0 radical (unpaired) electrons. The van der Waals surface area contributed by atoms with Crippen LogP contribution in [0.25, 0.3) is 11.0 Å². The highest BCUT2D eigenvalue weighted by Crippen LogP contribution is 2.18. The van der Waals surface area contributed by atoms with Gasteiger partial charge in [0.2, 0.25) is 5.95 Å². The molecule has 3 aromatic rings. The first-order chi connectivity index (χ1) is 13.8. The summed E-state index contributed by atoms with van der Waals surface area (Å²) in [6.07, 6.45) is 3.67. The number of aryl methyl sites for hydroxylation is 2. The Kier molecular flexibility index (Phi) is 6.00. The van der Waals surface area contributed by atoms with Crippen LogP contribution in [-0.4, -0.2) is 26.9 Å². The number of benzene rings is 1. The van der Waals surface area contributed by atoms with Crippen LogP contribution in [0.15, 0.2) is 29.2 Å². The van der Waals surface area contributed by atoms with E-state index in [9.17, 15) is 14.0 Å². The zero-order valence-corrected chi connectivity index (χ0v) is 16.8. The van der Waals surface area contributed by atoms with Crippen molar-refractivity contribution in [1.29, 1.82) is 0 Å². The Morgan fingerprint density at radius 3 is 2.76 bits per heavy atom. The maximum atomic E-state index is 14.5. The molecule has 0 bridgehead atoms. The zero-order valence-electron chi connectivity index (χ0n) is 16.8. The van der Waals surface area contributed by atoms with E-state index in [0.29, 0.717) is 29.8 Å². The lowest BCUT2D eigenvalue weighted by molar-refractivity contribution is 0.0924. The van der Waals surface area contributed by atoms with E-state index in [-0.39, 0.29) is 23.1 Å². The van der Waals surface area contributed by atoms with Crippen LogP contribution in [0.4, 0.5) is 10.3 Å². The number of rotatable bonds is 7. The lowest BCUT2D eigenvalue weighted by Gasteiger charge is -2.20. The molecule has 1 amide bonds. The smallest absolute Gasteiger partial charge is 0.262 e. The minimum absolute atomic E-state index is 0.0332. The lowest BCUT2D eigenvalue weighted by atomic mass is 10.00. The Morgan fingerprint density at radius 1 is 1.31 bits per heavy atom. The summed E-state index contributed by atoms with van der Waals surface area (Å²) in [6, 6.07) is 4.58. The van der Waals surface area contributed by atoms with Crippen LogP contribution in [-0.2, 0) is 12.8 Å². The largest absolute Gasteiger partial charge is 0.369 e. The molecule has 0 fully saturated rings. The van der Waals surface area contributed by atoms with Crippen LogP contribution >= 0.6 is 0 Å². The van der Waals surface area contributed by atoms with Gasteiger partial charge in [-0.05, 0) is 48.9 Å². The van der Waals surface area contributed by atoms with E-state index in [2.05, 4.69) is 27.2 Å². The molecule has 5 N–H and O–H groups in total. The zero-order chi connectivity index (χ0) is 21.1. The molecule has 1 aromatic carbocycles. The number of carbonyl (C=O) groups is 1. The first kappa shape index (κ1) is 20.6. The second-order valence-corrected chi connectivity index (χ2v) is 7.45. The Bertz CT molecular complexity index is 1090. The van der Waals surface area contributed by atoms with E-state index in [1.807, 2.05) is 13.8 Å². The number of nitrogen functional groups attached to an aromatic ring is 1. The molecule has 0 spiro atoms. The number of nitrogens with two attached hydrogens (primary N) is 1. The highest BCUT2D eigenvalue weighted by molar-refractivity contribution is 5.94. The van der Waals surface area contributed by atoms with Gasteiger partial charge in [0.15, 0.2) is 0 Å². The number of nitrogens with one attached hydrogen (secondary N) is 3. The van der Waals surface area contributed by atoms with Gasteiger partial charge in [-0.3, -0.25) is 14.6 Å². The topological polar surface area (TPSA) is 117 Å². The Balaban J connectivity index is 1.71. The van der Waals surface area contributed by atoms with Crippen LogP contribution in [0, 0.1) is 11.7 Å². The third kappa shape index (κ3) is 4.47. The summed E-state index contributed by atoms with van der Waals surface area (Å²) < 4.78 is 14.5. The first-order valence-corrected chi connectivity index (χ1v) is 9.75. The van der Waals surface area contributed by atoms with Gasteiger partial charge in [-0.2, -0.15) is 4.98 Å². The van der Waals surface area contributed by atoms with Crippen molar-refractivity contribution in [3.05, 3.63) is 57.3 Å². The number of hydrogen-bond donors (Lipinski definition) is 4.